The molecular formula is C24H26N2O3S. The standard InChI is InChI=1S/C24H26N2O3S/c1-19-13-15-23(16-14-19)30(28,29)26(22-11-7-4-8-12-22)18-24(27)25-17-20(2)21-9-5-3-6-10-21/h3-16,20H,17-18H2,1-2H3,(H,25,27)/t20-/m1/s1. The molecule has 5 nitrogen and oxygen atoms in total. The van der Waals surface area contributed by atoms with E-state index < -0.39 is 10.0 Å². The summed E-state index contributed by atoms with van der Waals surface area (Å²) in [6.07, 6.45) is 0. The van der Waals surface area contributed by atoms with Crippen LogP contribution < -0.4 is 9.62 Å². The Morgan fingerprint density at radius 2 is 1.47 bits per heavy atom. The minimum Gasteiger partial charge on any atom is -0.354 e. The summed E-state index contributed by atoms with van der Waals surface area (Å²) in [5, 5.41) is 2.87. The van der Waals surface area contributed by atoms with Crippen LogP contribution in [0.3, 0.4) is 0 Å². The fourth-order valence-corrected chi connectivity index (χ4v) is 4.52. The van der Waals surface area contributed by atoms with Crippen molar-refractivity contribution in [3.8, 4) is 0 Å². The molecule has 0 aliphatic heterocycles. The zero-order valence-electron chi connectivity index (χ0n) is 17.2. The first-order valence-corrected chi connectivity index (χ1v) is 11.3. The monoisotopic (exact) mass is 422 g/mol. The van der Waals surface area contributed by atoms with Crippen molar-refractivity contribution in [1.82, 2.24) is 5.32 Å². The summed E-state index contributed by atoms with van der Waals surface area (Å²) < 4.78 is 27.7. The SMILES string of the molecule is Cc1ccc(S(=O)(=O)N(CC(=O)NC[C@@H](C)c2ccccc2)c2ccccc2)cc1. The number of sulfonamides is 1. The molecule has 1 amide bonds. The molecular weight excluding hydrogens is 396 g/mol. The first-order valence-electron chi connectivity index (χ1n) is 9.84. The first-order chi connectivity index (χ1) is 14.4. The smallest absolute Gasteiger partial charge is 0.264 e. The van der Waals surface area contributed by atoms with Crippen LogP contribution in [0.25, 0.3) is 0 Å². The van der Waals surface area contributed by atoms with Crippen molar-refractivity contribution in [1.29, 1.82) is 0 Å². The van der Waals surface area contributed by atoms with Crippen LogP contribution in [0.2, 0.25) is 0 Å². The van der Waals surface area contributed by atoms with Gasteiger partial charge in [-0.1, -0.05) is 73.2 Å². The minimum absolute atomic E-state index is 0.119. The Morgan fingerprint density at radius 1 is 0.900 bits per heavy atom. The normalized spacial score (nSPS) is 12.2. The van der Waals surface area contributed by atoms with Gasteiger partial charge >= 0.3 is 0 Å². The van der Waals surface area contributed by atoms with Crippen LogP contribution in [0.15, 0.2) is 89.8 Å². The molecule has 0 aliphatic carbocycles. The summed E-state index contributed by atoms with van der Waals surface area (Å²) in [6.45, 7) is 4.05. The van der Waals surface area contributed by atoms with Gasteiger partial charge < -0.3 is 5.32 Å². The Balaban J connectivity index is 1.78. The number of carbonyl (C=O) groups excluding carboxylic acids is 1. The van der Waals surface area contributed by atoms with E-state index in [1.54, 1.807) is 48.5 Å². The molecule has 3 rings (SSSR count). The summed E-state index contributed by atoms with van der Waals surface area (Å²) in [5.41, 5.74) is 2.53. The maximum absolute atomic E-state index is 13.3. The van der Waals surface area contributed by atoms with Crippen LogP contribution in [0.5, 0.6) is 0 Å². The maximum Gasteiger partial charge on any atom is 0.264 e. The molecule has 0 saturated carbocycles. The number of para-hydroxylation sites is 1. The van der Waals surface area contributed by atoms with Gasteiger partial charge in [0.05, 0.1) is 10.6 Å². The van der Waals surface area contributed by atoms with Gasteiger partial charge in [-0.2, -0.15) is 0 Å². The van der Waals surface area contributed by atoms with Gasteiger partial charge in [0.15, 0.2) is 0 Å². The molecule has 0 aromatic heterocycles. The molecule has 0 radical (unpaired) electrons. The van der Waals surface area contributed by atoms with Gasteiger partial charge in [-0.15, -0.1) is 0 Å². The number of anilines is 1. The average Bonchev–Trinajstić information content (AvgIpc) is 2.77. The van der Waals surface area contributed by atoms with E-state index in [1.165, 1.54) is 0 Å². The first kappa shape index (κ1) is 21.6. The zero-order chi connectivity index (χ0) is 21.6. The summed E-state index contributed by atoms with van der Waals surface area (Å²) in [6, 6.07) is 25.2. The van der Waals surface area contributed by atoms with Gasteiger partial charge in [0.25, 0.3) is 10.0 Å². The van der Waals surface area contributed by atoms with E-state index in [9.17, 15) is 13.2 Å². The van der Waals surface area contributed by atoms with Crippen molar-refractivity contribution in [2.75, 3.05) is 17.4 Å². The van der Waals surface area contributed by atoms with Gasteiger partial charge in [0.2, 0.25) is 5.91 Å². The van der Waals surface area contributed by atoms with Crippen molar-refractivity contribution in [2.24, 2.45) is 0 Å². The molecule has 6 heteroatoms. The molecule has 3 aromatic rings. The lowest BCUT2D eigenvalue weighted by atomic mass is 10.0. The predicted octanol–water partition coefficient (Wildman–Crippen LogP) is 4.11. The molecule has 0 unspecified atom stereocenters. The Morgan fingerprint density at radius 3 is 2.07 bits per heavy atom. The highest BCUT2D eigenvalue weighted by molar-refractivity contribution is 7.92. The van der Waals surface area contributed by atoms with Gasteiger partial charge in [0.1, 0.15) is 6.54 Å². The molecule has 0 aliphatic rings. The number of carbonyl (C=O) groups is 1. The van der Waals surface area contributed by atoms with Crippen molar-refractivity contribution in [3.05, 3.63) is 96.1 Å². The van der Waals surface area contributed by atoms with Crippen LogP contribution in [0.1, 0.15) is 24.0 Å². The molecule has 156 valence electrons. The third kappa shape index (κ3) is 5.27. The quantitative estimate of drug-likeness (QED) is 0.594. The van der Waals surface area contributed by atoms with E-state index in [0.717, 1.165) is 15.4 Å². The van der Waals surface area contributed by atoms with Crippen molar-refractivity contribution < 1.29 is 13.2 Å². The molecule has 0 saturated heterocycles. The Labute approximate surface area is 178 Å². The Bertz CT molecular complexity index is 1070. The molecule has 1 atom stereocenters. The zero-order valence-corrected chi connectivity index (χ0v) is 18.0. The van der Waals surface area contributed by atoms with Crippen LogP contribution in [0.4, 0.5) is 5.69 Å². The van der Waals surface area contributed by atoms with E-state index in [0.29, 0.717) is 12.2 Å². The fourth-order valence-electron chi connectivity index (χ4n) is 3.10. The number of amides is 1. The molecule has 0 bridgehead atoms. The largest absolute Gasteiger partial charge is 0.354 e. The lowest BCUT2D eigenvalue weighted by Gasteiger charge is -2.24. The van der Waals surface area contributed by atoms with Gasteiger partial charge in [-0.25, -0.2) is 8.42 Å². The second-order valence-corrected chi connectivity index (χ2v) is 9.14. The van der Waals surface area contributed by atoms with Crippen molar-refractivity contribution in [3.63, 3.8) is 0 Å². The van der Waals surface area contributed by atoms with E-state index >= 15 is 0 Å². The lowest BCUT2D eigenvalue weighted by Crippen LogP contribution is -2.41. The van der Waals surface area contributed by atoms with Gasteiger partial charge in [0, 0.05) is 6.54 Å². The van der Waals surface area contributed by atoms with E-state index in [2.05, 4.69) is 5.32 Å². The number of aryl methyl sites for hydroxylation is 1. The van der Waals surface area contributed by atoms with Gasteiger partial charge in [-0.3, -0.25) is 9.10 Å². The topological polar surface area (TPSA) is 66.5 Å². The highest BCUT2D eigenvalue weighted by Crippen LogP contribution is 2.23. The van der Waals surface area contributed by atoms with E-state index in [4.69, 9.17) is 0 Å². The number of nitrogens with one attached hydrogen (secondary N) is 1. The Hall–Kier alpha value is -3.12. The summed E-state index contributed by atoms with van der Waals surface area (Å²) in [7, 11) is -3.88. The van der Waals surface area contributed by atoms with Crippen molar-refractivity contribution >= 4 is 21.6 Å². The molecule has 30 heavy (non-hydrogen) atoms. The predicted molar refractivity (Wildman–Crippen MR) is 120 cm³/mol. The highest BCUT2D eigenvalue weighted by Gasteiger charge is 2.27. The number of rotatable bonds is 8. The number of hydrogen-bond donors (Lipinski definition) is 1. The number of nitrogens with zero attached hydrogens (tertiary/aromatic N) is 1. The molecule has 0 heterocycles. The maximum atomic E-state index is 13.3. The third-order valence-electron chi connectivity index (χ3n) is 4.91. The van der Waals surface area contributed by atoms with Crippen LogP contribution in [0, 0.1) is 6.92 Å². The molecule has 1 N–H and O–H groups in total. The Kier molecular flexibility index (Phi) is 6.90. The van der Waals surface area contributed by atoms with Crippen LogP contribution in [-0.4, -0.2) is 27.4 Å². The molecule has 3 aromatic carbocycles. The average molecular weight is 423 g/mol. The summed E-state index contributed by atoms with van der Waals surface area (Å²) >= 11 is 0. The highest BCUT2D eigenvalue weighted by atomic mass is 32.2. The number of benzene rings is 3. The molecule has 0 spiro atoms. The molecule has 0 fully saturated rings. The van der Waals surface area contributed by atoms with E-state index in [1.807, 2.05) is 50.2 Å². The van der Waals surface area contributed by atoms with Crippen molar-refractivity contribution in [2.45, 2.75) is 24.7 Å². The lowest BCUT2D eigenvalue weighted by molar-refractivity contribution is -0.119. The third-order valence-corrected chi connectivity index (χ3v) is 6.70. The van der Waals surface area contributed by atoms with Gasteiger partial charge in [-0.05, 0) is 42.7 Å². The number of hydrogen-bond acceptors (Lipinski definition) is 3. The van der Waals surface area contributed by atoms with Crippen LogP contribution >= 0.6 is 0 Å². The second kappa shape index (κ2) is 9.59. The summed E-state index contributed by atoms with van der Waals surface area (Å²) in [4.78, 5) is 12.8. The van der Waals surface area contributed by atoms with Crippen LogP contribution in [-0.2, 0) is 14.8 Å². The second-order valence-electron chi connectivity index (χ2n) is 7.28. The van der Waals surface area contributed by atoms with E-state index in [-0.39, 0.29) is 23.3 Å². The summed E-state index contributed by atoms with van der Waals surface area (Å²) in [5.74, 6) is -0.230. The fraction of sp³-hybridized carbons (Fsp3) is 0.208. The minimum atomic E-state index is -3.88.